The molecule has 0 radical (unpaired) electrons. The first-order valence-corrected chi connectivity index (χ1v) is 11.8. The monoisotopic (exact) mass is 429 g/mol. The summed E-state index contributed by atoms with van der Waals surface area (Å²) in [5.41, 5.74) is 3.25. The number of nitrogens with zero attached hydrogens (tertiary/aromatic N) is 3. The molecule has 1 amide bonds. The highest BCUT2D eigenvalue weighted by molar-refractivity contribution is 5.95. The zero-order chi connectivity index (χ0) is 21.8. The van der Waals surface area contributed by atoms with Crippen LogP contribution >= 0.6 is 0 Å². The van der Waals surface area contributed by atoms with Gasteiger partial charge >= 0.3 is 0 Å². The topological polar surface area (TPSA) is 45.7 Å². The van der Waals surface area contributed by atoms with E-state index in [1.54, 1.807) is 0 Å². The van der Waals surface area contributed by atoms with Crippen LogP contribution in [0.25, 0.3) is 10.8 Å². The molecule has 0 bridgehead atoms. The van der Waals surface area contributed by atoms with Crippen LogP contribution in [-0.4, -0.2) is 60.1 Å². The smallest absolute Gasteiger partial charge is 0.254 e. The van der Waals surface area contributed by atoms with Gasteiger partial charge in [-0.15, -0.1) is 0 Å². The Morgan fingerprint density at radius 3 is 2.75 bits per heavy atom. The van der Waals surface area contributed by atoms with Crippen molar-refractivity contribution in [3.05, 3.63) is 77.6 Å². The van der Waals surface area contributed by atoms with Gasteiger partial charge in [0.25, 0.3) is 5.91 Å². The summed E-state index contributed by atoms with van der Waals surface area (Å²) < 4.78 is 5.93. The van der Waals surface area contributed by atoms with Crippen molar-refractivity contribution in [2.75, 3.05) is 39.4 Å². The number of rotatable bonds is 5. The lowest BCUT2D eigenvalue weighted by Gasteiger charge is -2.26. The Bertz CT molecular complexity index is 1070. The predicted molar refractivity (Wildman–Crippen MR) is 127 cm³/mol. The average molecular weight is 430 g/mol. The Kier molecular flexibility index (Phi) is 6.46. The van der Waals surface area contributed by atoms with Gasteiger partial charge in [0.15, 0.2) is 0 Å². The zero-order valence-corrected chi connectivity index (χ0v) is 18.6. The second kappa shape index (κ2) is 9.80. The molecule has 0 unspecified atom stereocenters. The molecule has 5 heteroatoms. The van der Waals surface area contributed by atoms with Crippen molar-refractivity contribution in [1.82, 2.24) is 14.8 Å². The second-order valence-electron chi connectivity index (χ2n) is 9.05. The molecule has 2 aliphatic rings. The third-order valence-electron chi connectivity index (χ3n) is 6.75. The summed E-state index contributed by atoms with van der Waals surface area (Å²) in [6.45, 7) is 5.74. The number of hydrogen-bond donors (Lipinski definition) is 0. The van der Waals surface area contributed by atoms with Crippen molar-refractivity contribution in [3.63, 3.8) is 0 Å². The summed E-state index contributed by atoms with van der Waals surface area (Å²) in [5, 5.41) is 2.39. The Hall–Kier alpha value is -2.76. The molecule has 2 fully saturated rings. The van der Waals surface area contributed by atoms with Crippen LogP contribution in [0.15, 0.2) is 60.9 Å². The number of carbonyl (C=O) groups is 1. The normalized spacial score (nSPS) is 19.9. The van der Waals surface area contributed by atoms with Crippen molar-refractivity contribution in [3.8, 4) is 0 Å². The molecular formula is C27H31N3O2. The lowest BCUT2D eigenvalue weighted by Crippen LogP contribution is -2.37. The summed E-state index contributed by atoms with van der Waals surface area (Å²) in [6.07, 6.45) is 7.17. The number of benzene rings is 2. The maximum atomic E-state index is 13.6. The van der Waals surface area contributed by atoms with E-state index in [-0.39, 0.29) is 11.8 Å². The number of ether oxygens (including phenoxy) is 1. The van der Waals surface area contributed by atoms with Gasteiger partial charge in [-0.25, -0.2) is 0 Å². The van der Waals surface area contributed by atoms with Gasteiger partial charge in [-0.2, -0.15) is 0 Å². The molecule has 3 heterocycles. The van der Waals surface area contributed by atoms with Crippen molar-refractivity contribution in [2.45, 2.75) is 25.8 Å². The van der Waals surface area contributed by atoms with Crippen LogP contribution in [-0.2, 0) is 17.7 Å². The Labute approximate surface area is 190 Å². The molecular weight excluding hydrogens is 398 g/mol. The van der Waals surface area contributed by atoms with E-state index in [9.17, 15) is 4.79 Å². The maximum Gasteiger partial charge on any atom is 0.254 e. The third kappa shape index (κ3) is 4.69. The average Bonchev–Trinajstić information content (AvgIpc) is 3.23. The molecule has 5 rings (SSSR count). The zero-order valence-electron chi connectivity index (χ0n) is 18.6. The molecule has 32 heavy (non-hydrogen) atoms. The maximum absolute atomic E-state index is 13.6. The third-order valence-corrected chi connectivity index (χ3v) is 6.75. The van der Waals surface area contributed by atoms with E-state index in [2.05, 4.69) is 40.2 Å². The Balaban J connectivity index is 1.33. The summed E-state index contributed by atoms with van der Waals surface area (Å²) >= 11 is 0. The highest BCUT2D eigenvalue weighted by atomic mass is 16.5. The summed E-state index contributed by atoms with van der Waals surface area (Å²) in [5.74, 6) is 0.396. The van der Waals surface area contributed by atoms with E-state index in [4.69, 9.17) is 4.74 Å². The van der Waals surface area contributed by atoms with Crippen LogP contribution < -0.4 is 0 Å². The fourth-order valence-electron chi connectivity index (χ4n) is 5.07. The number of aromatic nitrogens is 1. The van der Waals surface area contributed by atoms with Gasteiger partial charge in [0.2, 0.25) is 0 Å². The SMILES string of the molecule is O=C(c1ccccc1CN1CCCC1)N1CCOC[C@H](Cc2cccc3ccncc23)C1. The highest BCUT2D eigenvalue weighted by Gasteiger charge is 2.26. The molecule has 2 aromatic carbocycles. The number of pyridine rings is 1. The van der Waals surface area contributed by atoms with E-state index in [1.807, 2.05) is 35.5 Å². The van der Waals surface area contributed by atoms with Crippen molar-refractivity contribution in [2.24, 2.45) is 5.92 Å². The molecule has 166 valence electrons. The van der Waals surface area contributed by atoms with Crippen LogP contribution in [0.3, 0.4) is 0 Å². The number of likely N-dealkylation sites (tertiary alicyclic amines) is 1. The van der Waals surface area contributed by atoms with Crippen LogP contribution in [0.2, 0.25) is 0 Å². The molecule has 2 aliphatic heterocycles. The summed E-state index contributed by atoms with van der Waals surface area (Å²) in [6, 6.07) is 16.6. The standard InChI is InChI=1S/C27H31N3O2/c31-27(25-9-2-1-6-24(25)19-29-12-3-4-13-29)30-14-15-32-20-21(18-30)16-23-8-5-7-22-10-11-28-17-26(22)23/h1-2,5-11,17,21H,3-4,12-16,18-20H2/t21-/m1/s1. The minimum atomic E-state index is 0.134. The fraction of sp³-hybridized carbons (Fsp3) is 0.407. The van der Waals surface area contributed by atoms with Gasteiger partial charge in [-0.3, -0.25) is 14.7 Å². The van der Waals surface area contributed by atoms with E-state index in [0.717, 1.165) is 37.2 Å². The van der Waals surface area contributed by atoms with Crippen LogP contribution in [0.5, 0.6) is 0 Å². The molecule has 1 atom stereocenters. The van der Waals surface area contributed by atoms with Gasteiger partial charge in [0, 0.05) is 48.9 Å². The molecule has 0 aliphatic carbocycles. The predicted octanol–water partition coefficient (Wildman–Crippen LogP) is 4.16. The van der Waals surface area contributed by atoms with Crippen LogP contribution in [0, 0.1) is 5.92 Å². The van der Waals surface area contributed by atoms with E-state index in [1.165, 1.54) is 29.2 Å². The van der Waals surface area contributed by atoms with Gasteiger partial charge in [0.05, 0.1) is 13.2 Å². The van der Waals surface area contributed by atoms with Gasteiger partial charge < -0.3 is 9.64 Å². The van der Waals surface area contributed by atoms with Crippen LogP contribution in [0.1, 0.15) is 34.3 Å². The van der Waals surface area contributed by atoms with Gasteiger partial charge in [0.1, 0.15) is 0 Å². The first-order chi connectivity index (χ1) is 15.8. The van der Waals surface area contributed by atoms with Crippen molar-refractivity contribution >= 4 is 16.7 Å². The molecule has 3 aromatic rings. The highest BCUT2D eigenvalue weighted by Crippen LogP contribution is 2.24. The molecule has 0 saturated carbocycles. The fourth-order valence-corrected chi connectivity index (χ4v) is 5.07. The minimum absolute atomic E-state index is 0.134. The lowest BCUT2D eigenvalue weighted by molar-refractivity contribution is 0.0735. The molecule has 0 N–H and O–H groups in total. The van der Waals surface area contributed by atoms with Gasteiger partial charge in [-0.05, 0) is 61.0 Å². The van der Waals surface area contributed by atoms with E-state index < -0.39 is 0 Å². The first kappa shape index (κ1) is 21.1. The minimum Gasteiger partial charge on any atom is -0.379 e. The van der Waals surface area contributed by atoms with Gasteiger partial charge in [-0.1, -0.05) is 36.4 Å². The molecule has 5 nitrogen and oxygen atoms in total. The summed E-state index contributed by atoms with van der Waals surface area (Å²) in [4.78, 5) is 22.4. The van der Waals surface area contributed by atoms with Crippen molar-refractivity contribution in [1.29, 1.82) is 0 Å². The molecule has 1 aromatic heterocycles. The quantitative estimate of drug-likeness (QED) is 0.611. The van der Waals surface area contributed by atoms with Crippen molar-refractivity contribution < 1.29 is 9.53 Å². The molecule has 0 spiro atoms. The number of amides is 1. The Morgan fingerprint density at radius 2 is 1.84 bits per heavy atom. The number of fused-ring (bicyclic) bond motifs is 1. The second-order valence-corrected chi connectivity index (χ2v) is 9.05. The number of hydrogen-bond acceptors (Lipinski definition) is 4. The number of carbonyl (C=O) groups excluding carboxylic acids is 1. The van der Waals surface area contributed by atoms with Crippen LogP contribution in [0.4, 0.5) is 0 Å². The first-order valence-electron chi connectivity index (χ1n) is 11.8. The largest absolute Gasteiger partial charge is 0.379 e. The lowest BCUT2D eigenvalue weighted by atomic mass is 9.95. The Morgan fingerprint density at radius 1 is 1.00 bits per heavy atom. The van der Waals surface area contributed by atoms with E-state index >= 15 is 0 Å². The summed E-state index contributed by atoms with van der Waals surface area (Å²) in [7, 11) is 0. The molecule has 2 saturated heterocycles. The van der Waals surface area contributed by atoms with E-state index in [0.29, 0.717) is 26.3 Å².